The van der Waals surface area contributed by atoms with Gasteiger partial charge in [-0.1, -0.05) is 163 Å². The molecule has 1 rings (SSSR count). The summed E-state index contributed by atoms with van der Waals surface area (Å²) in [5.74, 6) is 1.34. The van der Waals surface area contributed by atoms with E-state index in [0.717, 1.165) is 43.9 Å². The molecule has 1 aliphatic carbocycles. The van der Waals surface area contributed by atoms with E-state index in [9.17, 15) is 25.2 Å². The number of hydrogen-bond donors (Lipinski definition) is 4. The molecule has 48 heavy (non-hydrogen) atoms. The lowest BCUT2D eigenvalue weighted by atomic mass is 9.96. The maximum atomic E-state index is 12.7. The van der Waals surface area contributed by atoms with Gasteiger partial charge in [0.15, 0.2) is 0 Å². The predicted octanol–water partition coefficient (Wildman–Crippen LogP) is 8.43. The summed E-state index contributed by atoms with van der Waals surface area (Å²) < 4.78 is 17.2. The normalized spacial score (nSPS) is 21.8. The number of unbranched alkanes of at least 4 members (excludes halogenated alkanes) is 15. The molecule has 0 aromatic carbocycles. The van der Waals surface area contributed by atoms with Crippen molar-refractivity contribution < 1.29 is 39.4 Å². The number of carbonyl (C=O) groups excluding carboxylic acids is 1. The van der Waals surface area contributed by atoms with E-state index < -0.39 is 36.6 Å². The fourth-order valence-electron chi connectivity index (χ4n) is 6.81. The molecule has 0 amide bonds. The molecule has 7 atom stereocenters. The molecular formula is C40H78O8. The molecule has 0 aliphatic heterocycles. The third kappa shape index (κ3) is 22.1. The van der Waals surface area contributed by atoms with Crippen LogP contribution in [-0.2, 0) is 19.0 Å². The van der Waals surface area contributed by atoms with Crippen LogP contribution < -0.4 is 0 Å². The highest BCUT2D eigenvalue weighted by molar-refractivity contribution is 5.69. The first kappa shape index (κ1) is 45.3. The summed E-state index contributed by atoms with van der Waals surface area (Å²) in [7, 11) is 0. The lowest BCUT2D eigenvalue weighted by molar-refractivity contribution is -0.163. The number of rotatable bonds is 33. The molecular weight excluding hydrogens is 608 g/mol. The van der Waals surface area contributed by atoms with E-state index in [1.807, 2.05) is 0 Å². The molecule has 0 heterocycles. The summed E-state index contributed by atoms with van der Waals surface area (Å²) >= 11 is 0. The van der Waals surface area contributed by atoms with Crippen LogP contribution >= 0.6 is 0 Å². The van der Waals surface area contributed by atoms with Crippen LogP contribution in [-0.4, -0.2) is 82.8 Å². The fraction of sp³-hybridized carbons (Fsp3) is 0.975. The highest BCUT2D eigenvalue weighted by atomic mass is 16.6. The van der Waals surface area contributed by atoms with E-state index >= 15 is 0 Å². The number of ether oxygens (including phenoxy) is 3. The minimum Gasteiger partial charge on any atom is -0.457 e. The first-order valence-electron chi connectivity index (χ1n) is 20.3. The van der Waals surface area contributed by atoms with Crippen LogP contribution in [0.2, 0.25) is 0 Å². The topological polar surface area (TPSA) is 126 Å². The van der Waals surface area contributed by atoms with E-state index in [2.05, 4.69) is 27.7 Å². The quantitative estimate of drug-likeness (QED) is 0.0401. The van der Waals surface area contributed by atoms with Crippen molar-refractivity contribution in [1.82, 2.24) is 0 Å². The zero-order valence-electron chi connectivity index (χ0n) is 31.6. The van der Waals surface area contributed by atoms with Crippen LogP contribution in [0.1, 0.15) is 182 Å². The Morgan fingerprint density at radius 3 is 1.48 bits per heavy atom. The summed E-state index contributed by atoms with van der Waals surface area (Å²) in [6.45, 7) is 9.89. The average molecular weight is 687 g/mol. The maximum Gasteiger partial charge on any atom is 0.306 e. The number of aliphatic hydroxyl groups is 4. The van der Waals surface area contributed by atoms with Crippen LogP contribution in [0.3, 0.4) is 0 Å². The van der Waals surface area contributed by atoms with Gasteiger partial charge in [-0.3, -0.25) is 4.79 Å². The van der Waals surface area contributed by atoms with E-state index in [0.29, 0.717) is 13.0 Å². The molecule has 8 heteroatoms. The Morgan fingerprint density at radius 1 is 0.542 bits per heavy atom. The molecule has 0 bridgehead atoms. The van der Waals surface area contributed by atoms with Gasteiger partial charge in [0.2, 0.25) is 0 Å². The maximum absolute atomic E-state index is 12.7. The van der Waals surface area contributed by atoms with Crippen molar-refractivity contribution in [3.8, 4) is 0 Å². The first-order valence-corrected chi connectivity index (χ1v) is 20.3. The smallest absolute Gasteiger partial charge is 0.306 e. The minimum absolute atomic E-state index is 0.0994. The van der Waals surface area contributed by atoms with Crippen LogP contribution in [0.15, 0.2) is 0 Å². The Bertz CT molecular complexity index is 722. The second kappa shape index (κ2) is 29.9. The molecule has 1 saturated carbocycles. The van der Waals surface area contributed by atoms with E-state index in [4.69, 9.17) is 14.2 Å². The standard InChI is InChI=1S/C40H78O8/c1-5-7-9-19-25-33(4)27-20-14-11-10-12-17-23-29-46-30-34(31-47-40-38(44)36(42)37(43)39(40)45)48-35(41)28-22-16-13-15-21-26-32(3)24-18-8-6-2/h32-34,36-40,42-45H,5-31H2,1-4H3/t32?,33?,34?,36-,37-,38+,39+/m1/s1. The molecule has 3 unspecified atom stereocenters. The molecule has 0 aromatic rings. The Morgan fingerprint density at radius 2 is 0.958 bits per heavy atom. The molecule has 0 spiro atoms. The zero-order chi connectivity index (χ0) is 35.4. The minimum atomic E-state index is -1.49. The monoisotopic (exact) mass is 687 g/mol. The third-order valence-electron chi connectivity index (χ3n) is 10.2. The Balaban J connectivity index is 2.27. The molecule has 0 aromatic heterocycles. The van der Waals surface area contributed by atoms with E-state index in [1.54, 1.807) is 0 Å². The van der Waals surface area contributed by atoms with Crippen molar-refractivity contribution in [3.63, 3.8) is 0 Å². The van der Waals surface area contributed by atoms with Crippen molar-refractivity contribution in [2.24, 2.45) is 11.8 Å². The van der Waals surface area contributed by atoms with Crippen molar-refractivity contribution in [2.75, 3.05) is 19.8 Å². The van der Waals surface area contributed by atoms with Crippen LogP contribution in [0, 0.1) is 11.8 Å². The molecule has 1 fully saturated rings. The van der Waals surface area contributed by atoms with Gasteiger partial charge in [-0.25, -0.2) is 0 Å². The second-order valence-electron chi connectivity index (χ2n) is 15.1. The Hall–Kier alpha value is -0.770. The summed E-state index contributed by atoms with van der Waals surface area (Å²) in [6, 6.07) is 0. The lowest BCUT2D eigenvalue weighted by Gasteiger charge is -2.24. The van der Waals surface area contributed by atoms with Crippen LogP contribution in [0.25, 0.3) is 0 Å². The summed E-state index contributed by atoms with van der Waals surface area (Å²) in [6.07, 6.45) is 21.1. The molecule has 0 radical (unpaired) electrons. The largest absolute Gasteiger partial charge is 0.457 e. The van der Waals surface area contributed by atoms with E-state index in [1.165, 1.54) is 116 Å². The van der Waals surface area contributed by atoms with Gasteiger partial charge >= 0.3 is 5.97 Å². The van der Waals surface area contributed by atoms with Crippen molar-refractivity contribution in [1.29, 1.82) is 0 Å². The lowest BCUT2D eigenvalue weighted by Crippen LogP contribution is -2.39. The predicted molar refractivity (Wildman–Crippen MR) is 195 cm³/mol. The molecule has 4 N–H and O–H groups in total. The Kier molecular flexibility index (Phi) is 28.2. The average Bonchev–Trinajstić information content (AvgIpc) is 3.25. The van der Waals surface area contributed by atoms with Gasteiger partial charge in [0, 0.05) is 13.0 Å². The van der Waals surface area contributed by atoms with Gasteiger partial charge in [-0.05, 0) is 24.7 Å². The van der Waals surface area contributed by atoms with Gasteiger partial charge in [0.05, 0.1) is 13.2 Å². The number of esters is 1. The van der Waals surface area contributed by atoms with Crippen LogP contribution in [0.5, 0.6) is 0 Å². The van der Waals surface area contributed by atoms with Crippen molar-refractivity contribution in [3.05, 3.63) is 0 Å². The molecule has 8 nitrogen and oxygen atoms in total. The SMILES string of the molecule is CCCCCCC(C)CCCCCCCCCOCC(COC1[C@@H](O)[C@H](O)[C@@H](O)[C@@H]1O)OC(=O)CCCCCCCC(C)CCCCC. The summed E-state index contributed by atoms with van der Waals surface area (Å²) in [5, 5.41) is 40.1. The number of hydrogen-bond acceptors (Lipinski definition) is 8. The van der Waals surface area contributed by atoms with Gasteiger partial charge in [0.25, 0.3) is 0 Å². The molecule has 1 aliphatic rings. The van der Waals surface area contributed by atoms with Crippen molar-refractivity contribution in [2.45, 2.75) is 218 Å². The summed E-state index contributed by atoms with van der Waals surface area (Å²) in [4.78, 5) is 12.7. The number of carbonyl (C=O) groups is 1. The highest BCUT2D eigenvalue weighted by Crippen LogP contribution is 2.25. The molecule has 0 saturated heterocycles. The highest BCUT2D eigenvalue weighted by Gasteiger charge is 2.49. The van der Waals surface area contributed by atoms with Gasteiger partial charge in [-0.2, -0.15) is 0 Å². The van der Waals surface area contributed by atoms with E-state index in [-0.39, 0.29) is 19.2 Å². The van der Waals surface area contributed by atoms with Crippen molar-refractivity contribution >= 4 is 5.97 Å². The second-order valence-corrected chi connectivity index (χ2v) is 15.1. The molecule has 286 valence electrons. The number of aliphatic hydroxyl groups excluding tert-OH is 4. The van der Waals surface area contributed by atoms with Gasteiger partial charge in [-0.15, -0.1) is 0 Å². The van der Waals surface area contributed by atoms with Gasteiger partial charge in [0.1, 0.15) is 36.6 Å². The zero-order valence-corrected chi connectivity index (χ0v) is 31.6. The Labute approximate surface area is 295 Å². The third-order valence-corrected chi connectivity index (χ3v) is 10.2. The van der Waals surface area contributed by atoms with Gasteiger partial charge < -0.3 is 34.6 Å². The summed E-state index contributed by atoms with van der Waals surface area (Å²) in [5.41, 5.74) is 0. The fourth-order valence-corrected chi connectivity index (χ4v) is 6.81. The van der Waals surface area contributed by atoms with Crippen LogP contribution in [0.4, 0.5) is 0 Å². The first-order chi connectivity index (χ1) is 23.2.